The van der Waals surface area contributed by atoms with E-state index in [9.17, 15) is 13.6 Å². The average molecular weight is 208 g/mol. The molecule has 0 fully saturated rings. The standard InChI is InChI=1S/C11H6F2O2/c12-6-9(13)8-5-7-3-1-2-4-10(7)15-11(8)14/h1-6H. The smallest absolute Gasteiger partial charge is 0.346 e. The first-order valence-electron chi connectivity index (χ1n) is 4.21. The third-order valence-corrected chi connectivity index (χ3v) is 1.99. The molecule has 1 aromatic heterocycles. The summed E-state index contributed by atoms with van der Waals surface area (Å²) in [7, 11) is 0. The van der Waals surface area contributed by atoms with Crippen molar-refractivity contribution in [2.75, 3.05) is 0 Å². The van der Waals surface area contributed by atoms with Gasteiger partial charge in [-0.3, -0.25) is 0 Å². The van der Waals surface area contributed by atoms with Crippen LogP contribution in [0, 0.1) is 0 Å². The Labute approximate surface area is 83.5 Å². The minimum atomic E-state index is -1.23. The van der Waals surface area contributed by atoms with Crippen LogP contribution in [0.15, 0.2) is 45.9 Å². The summed E-state index contributed by atoms with van der Waals surface area (Å²) in [4.78, 5) is 11.2. The molecule has 0 aliphatic carbocycles. The maximum absolute atomic E-state index is 12.9. The molecule has 0 amide bonds. The molecule has 76 valence electrons. The number of hydrogen-bond donors (Lipinski definition) is 0. The molecule has 0 saturated carbocycles. The van der Waals surface area contributed by atoms with Crippen LogP contribution in [-0.2, 0) is 0 Å². The molecule has 0 N–H and O–H groups in total. The SMILES string of the molecule is O=c1oc2ccccc2cc1C(F)=CF. The largest absolute Gasteiger partial charge is 0.422 e. The van der Waals surface area contributed by atoms with Crippen molar-refractivity contribution in [1.82, 2.24) is 0 Å². The van der Waals surface area contributed by atoms with Crippen molar-refractivity contribution in [3.8, 4) is 0 Å². The lowest BCUT2D eigenvalue weighted by Crippen LogP contribution is -2.04. The molecule has 1 aromatic carbocycles. The van der Waals surface area contributed by atoms with Crippen LogP contribution in [0.4, 0.5) is 8.78 Å². The van der Waals surface area contributed by atoms with Gasteiger partial charge in [-0.2, -0.15) is 0 Å². The zero-order valence-electron chi connectivity index (χ0n) is 7.54. The zero-order chi connectivity index (χ0) is 10.8. The van der Waals surface area contributed by atoms with Crippen LogP contribution in [0.1, 0.15) is 5.56 Å². The van der Waals surface area contributed by atoms with E-state index in [1.54, 1.807) is 24.3 Å². The van der Waals surface area contributed by atoms with E-state index < -0.39 is 17.0 Å². The van der Waals surface area contributed by atoms with Crippen molar-refractivity contribution in [1.29, 1.82) is 0 Å². The van der Waals surface area contributed by atoms with E-state index in [0.717, 1.165) is 0 Å². The fourth-order valence-electron chi connectivity index (χ4n) is 1.29. The monoisotopic (exact) mass is 208 g/mol. The molecule has 1 heterocycles. The van der Waals surface area contributed by atoms with Crippen molar-refractivity contribution in [2.45, 2.75) is 0 Å². The number of benzene rings is 1. The predicted molar refractivity (Wildman–Crippen MR) is 52.7 cm³/mol. The molecule has 0 saturated heterocycles. The summed E-state index contributed by atoms with van der Waals surface area (Å²) in [6, 6.07) is 7.88. The molecule has 0 aliphatic rings. The van der Waals surface area contributed by atoms with Crippen molar-refractivity contribution in [3.05, 3.63) is 52.6 Å². The highest BCUT2D eigenvalue weighted by atomic mass is 19.2. The summed E-state index contributed by atoms with van der Waals surface area (Å²) in [5, 5.41) is 0.545. The number of halogens is 2. The summed E-state index contributed by atoms with van der Waals surface area (Å²) in [6.45, 7) is 0. The van der Waals surface area contributed by atoms with E-state index in [4.69, 9.17) is 4.42 Å². The Morgan fingerprint density at radius 1 is 1.33 bits per heavy atom. The van der Waals surface area contributed by atoms with Crippen LogP contribution in [0.3, 0.4) is 0 Å². The summed E-state index contributed by atoms with van der Waals surface area (Å²) < 4.78 is 29.6. The van der Waals surface area contributed by atoms with E-state index in [0.29, 0.717) is 11.0 Å². The lowest BCUT2D eigenvalue weighted by Gasteiger charge is -1.98. The molecular formula is C11H6F2O2. The molecule has 0 radical (unpaired) electrons. The molecular weight excluding hydrogens is 202 g/mol. The Bertz CT molecular complexity index is 584. The fraction of sp³-hybridized carbons (Fsp3) is 0. The topological polar surface area (TPSA) is 30.2 Å². The highest BCUT2D eigenvalue weighted by Gasteiger charge is 2.09. The van der Waals surface area contributed by atoms with Gasteiger partial charge < -0.3 is 4.42 Å². The molecule has 0 aliphatic heterocycles. The highest BCUT2D eigenvalue weighted by molar-refractivity contribution is 5.79. The second-order valence-corrected chi connectivity index (χ2v) is 2.94. The Hall–Kier alpha value is -1.97. The second-order valence-electron chi connectivity index (χ2n) is 2.94. The maximum Gasteiger partial charge on any atom is 0.346 e. The third kappa shape index (κ3) is 1.66. The molecule has 0 unspecified atom stereocenters. The van der Waals surface area contributed by atoms with Crippen LogP contribution >= 0.6 is 0 Å². The number of fused-ring (bicyclic) bond motifs is 1. The van der Waals surface area contributed by atoms with Crippen LogP contribution < -0.4 is 5.63 Å². The van der Waals surface area contributed by atoms with Crippen LogP contribution in [0.2, 0.25) is 0 Å². The number of hydrogen-bond acceptors (Lipinski definition) is 2. The second kappa shape index (κ2) is 3.65. The van der Waals surface area contributed by atoms with Gasteiger partial charge in [-0.25, -0.2) is 13.6 Å². The molecule has 4 heteroatoms. The average Bonchev–Trinajstić information content (AvgIpc) is 2.27. The van der Waals surface area contributed by atoms with Gasteiger partial charge in [-0.15, -0.1) is 0 Å². The quantitative estimate of drug-likeness (QED) is 0.674. The first-order chi connectivity index (χ1) is 7.22. The molecule has 0 bridgehead atoms. The van der Waals surface area contributed by atoms with Gasteiger partial charge in [0.05, 0.1) is 5.56 Å². The van der Waals surface area contributed by atoms with Crippen LogP contribution in [0.5, 0.6) is 0 Å². The minimum absolute atomic E-state index is 0.263. The Morgan fingerprint density at radius 3 is 2.80 bits per heavy atom. The highest BCUT2D eigenvalue weighted by Crippen LogP contribution is 2.18. The molecule has 0 spiro atoms. The van der Waals surface area contributed by atoms with Gasteiger partial charge in [0.25, 0.3) is 0 Å². The number of para-hydroxylation sites is 1. The molecule has 2 rings (SSSR count). The van der Waals surface area contributed by atoms with Gasteiger partial charge in [0.1, 0.15) is 11.9 Å². The Balaban J connectivity index is 2.78. The predicted octanol–water partition coefficient (Wildman–Crippen LogP) is 3.03. The molecule has 15 heavy (non-hydrogen) atoms. The van der Waals surface area contributed by atoms with Crippen LogP contribution in [-0.4, -0.2) is 0 Å². The van der Waals surface area contributed by atoms with Crippen molar-refractivity contribution >= 4 is 16.8 Å². The molecule has 0 atom stereocenters. The summed E-state index contributed by atoms with van der Waals surface area (Å²) >= 11 is 0. The maximum atomic E-state index is 12.9. The van der Waals surface area contributed by atoms with Gasteiger partial charge >= 0.3 is 5.63 Å². The van der Waals surface area contributed by atoms with Gasteiger partial charge in [-0.05, 0) is 12.1 Å². The lowest BCUT2D eigenvalue weighted by atomic mass is 10.2. The summed E-state index contributed by atoms with van der Waals surface area (Å²) in [5.74, 6) is -1.23. The first kappa shape index (κ1) is 9.58. The summed E-state index contributed by atoms with van der Waals surface area (Å²) in [6.07, 6.45) is -0.263. The van der Waals surface area contributed by atoms with Gasteiger partial charge in [-0.1, -0.05) is 18.2 Å². The summed E-state index contributed by atoms with van der Waals surface area (Å²) in [5.41, 5.74) is -0.950. The van der Waals surface area contributed by atoms with E-state index in [1.165, 1.54) is 6.07 Å². The molecule has 2 nitrogen and oxygen atoms in total. The van der Waals surface area contributed by atoms with E-state index in [2.05, 4.69) is 0 Å². The normalized spacial score (nSPS) is 12.0. The molecule has 2 aromatic rings. The number of rotatable bonds is 1. The zero-order valence-corrected chi connectivity index (χ0v) is 7.54. The van der Waals surface area contributed by atoms with E-state index in [-0.39, 0.29) is 6.33 Å². The fourth-order valence-corrected chi connectivity index (χ4v) is 1.29. The van der Waals surface area contributed by atoms with Gasteiger partial charge in [0.15, 0.2) is 5.83 Å². The van der Waals surface area contributed by atoms with Crippen molar-refractivity contribution in [2.24, 2.45) is 0 Å². The first-order valence-corrected chi connectivity index (χ1v) is 4.21. The third-order valence-electron chi connectivity index (χ3n) is 1.99. The van der Waals surface area contributed by atoms with Crippen molar-refractivity contribution < 1.29 is 13.2 Å². The van der Waals surface area contributed by atoms with E-state index >= 15 is 0 Å². The van der Waals surface area contributed by atoms with Gasteiger partial charge in [0.2, 0.25) is 0 Å². The Morgan fingerprint density at radius 2 is 2.07 bits per heavy atom. The lowest BCUT2D eigenvalue weighted by molar-refractivity contribution is 0.552. The van der Waals surface area contributed by atoms with E-state index in [1.807, 2.05) is 0 Å². The minimum Gasteiger partial charge on any atom is -0.422 e. The van der Waals surface area contributed by atoms with Gasteiger partial charge in [0, 0.05) is 5.39 Å². The van der Waals surface area contributed by atoms with Crippen LogP contribution in [0.25, 0.3) is 16.8 Å². The van der Waals surface area contributed by atoms with Crippen molar-refractivity contribution in [3.63, 3.8) is 0 Å². The Kier molecular flexibility index (Phi) is 2.33.